The number of aromatic nitrogens is 1. The van der Waals surface area contributed by atoms with E-state index in [9.17, 15) is 14.7 Å². The fourth-order valence-electron chi connectivity index (χ4n) is 3.99. The first-order chi connectivity index (χ1) is 14.2. The third-order valence-electron chi connectivity index (χ3n) is 5.73. The Labute approximate surface area is 179 Å². The standard InChI is InChI=1S/C23H24ClFN2O3/c1-13-10-20(24)27(29)18-11-17-19(12-16(13)18)30-23(2,3)22(28)21(17)26-9-8-14-4-6-15(25)7-5-14/h4-7,10-12,21-22,26,28H,8-9H2,1-3H3/t21-,22+/m0/s1. The summed E-state index contributed by atoms with van der Waals surface area (Å²) in [6.45, 7) is 6.12. The second kappa shape index (κ2) is 7.69. The van der Waals surface area contributed by atoms with E-state index in [2.05, 4.69) is 5.32 Å². The Morgan fingerprint density at radius 1 is 1.23 bits per heavy atom. The summed E-state index contributed by atoms with van der Waals surface area (Å²) in [4.78, 5) is 0. The quantitative estimate of drug-likeness (QED) is 0.373. The van der Waals surface area contributed by atoms with Crippen LogP contribution in [0.15, 0.2) is 42.5 Å². The Balaban J connectivity index is 1.69. The van der Waals surface area contributed by atoms with Crippen LogP contribution in [-0.2, 0) is 6.42 Å². The lowest BCUT2D eigenvalue weighted by Crippen LogP contribution is -2.52. The minimum atomic E-state index is -0.837. The molecule has 0 bridgehead atoms. The van der Waals surface area contributed by atoms with Crippen LogP contribution in [-0.4, -0.2) is 23.4 Å². The molecule has 0 amide bonds. The molecule has 5 nitrogen and oxygen atoms in total. The van der Waals surface area contributed by atoms with E-state index in [0.717, 1.165) is 16.5 Å². The summed E-state index contributed by atoms with van der Waals surface area (Å²) in [6.07, 6.45) is -0.170. The first-order valence-electron chi connectivity index (χ1n) is 9.88. The van der Waals surface area contributed by atoms with Crippen LogP contribution in [0, 0.1) is 17.9 Å². The van der Waals surface area contributed by atoms with Gasteiger partial charge in [-0.05, 0) is 74.7 Å². The van der Waals surface area contributed by atoms with E-state index in [1.54, 1.807) is 24.3 Å². The van der Waals surface area contributed by atoms with Crippen molar-refractivity contribution in [3.63, 3.8) is 0 Å². The first-order valence-corrected chi connectivity index (χ1v) is 10.3. The van der Waals surface area contributed by atoms with Gasteiger partial charge in [-0.15, -0.1) is 0 Å². The van der Waals surface area contributed by atoms with Gasteiger partial charge in [0.2, 0.25) is 5.52 Å². The van der Waals surface area contributed by atoms with Crippen molar-refractivity contribution >= 4 is 22.5 Å². The first kappa shape index (κ1) is 20.8. The van der Waals surface area contributed by atoms with Crippen molar-refractivity contribution in [2.75, 3.05) is 6.54 Å². The molecular weight excluding hydrogens is 407 g/mol. The number of nitrogens with zero attached hydrogens (tertiary/aromatic N) is 1. The zero-order valence-electron chi connectivity index (χ0n) is 17.1. The van der Waals surface area contributed by atoms with Crippen LogP contribution in [0.4, 0.5) is 4.39 Å². The minimum absolute atomic E-state index is 0.0957. The van der Waals surface area contributed by atoms with Crippen LogP contribution < -0.4 is 14.8 Å². The molecule has 3 aromatic rings. The van der Waals surface area contributed by atoms with Crippen LogP contribution in [0.3, 0.4) is 0 Å². The van der Waals surface area contributed by atoms with Gasteiger partial charge in [-0.2, -0.15) is 4.73 Å². The second-order valence-corrected chi connectivity index (χ2v) is 8.70. The smallest absolute Gasteiger partial charge is 0.287 e. The predicted molar refractivity (Wildman–Crippen MR) is 114 cm³/mol. The molecule has 0 radical (unpaired) electrons. The Bertz CT molecular complexity index is 1100. The highest BCUT2D eigenvalue weighted by Gasteiger charge is 2.43. The fourth-order valence-corrected chi connectivity index (χ4v) is 4.24. The average Bonchev–Trinajstić information content (AvgIpc) is 2.69. The summed E-state index contributed by atoms with van der Waals surface area (Å²) >= 11 is 6.08. The van der Waals surface area contributed by atoms with Gasteiger partial charge in [-0.1, -0.05) is 12.1 Å². The SMILES string of the molecule is Cc1cc(Cl)[n+]([O-])c2cc3c(cc12)OC(C)(C)[C@H](O)[C@H]3NCCc1ccc(F)cc1. The van der Waals surface area contributed by atoms with Crippen LogP contribution in [0.25, 0.3) is 10.9 Å². The molecule has 1 aromatic heterocycles. The molecule has 0 spiro atoms. The highest BCUT2D eigenvalue weighted by Crippen LogP contribution is 2.42. The average molecular weight is 431 g/mol. The number of rotatable bonds is 4. The number of hydrogen-bond donors (Lipinski definition) is 2. The highest BCUT2D eigenvalue weighted by molar-refractivity contribution is 6.28. The van der Waals surface area contributed by atoms with Gasteiger partial charge in [0.05, 0.1) is 11.4 Å². The third-order valence-corrected chi connectivity index (χ3v) is 5.99. The molecule has 0 aliphatic carbocycles. The lowest BCUT2D eigenvalue weighted by Gasteiger charge is -2.42. The van der Waals surface area contributed by atoms with Crippen molar-refractivity contribution in [2.24, 2.45) is 0 Å². The number of aliphatic hydroxyl groups excluding tert-OH is 1. The Morgan fingerprint density at radius 3 is 2.63 bits per heavy atom. The Hall–Kier alpha value is -2.41. The van der Waals surface area contributed by atoms with Crippen molar-refractivity contribution in [1.29, 1.82) is 0 Å². The topological polar surface area (TPSA) is 68.4 Å². The zero-order valence-corrected chi connectivity index (χ0v) is 17.8. The summed E-state index contributed by atoms with van der Waals surface area (Å²) in [5.41, 5.74) is 2.18. The van der Waals surface area contributed by atoms with Crippen molar-refractivity contribution in [3.8, 4) is 5.75 Å². The van der Waals surface area contributed by atoms with Crippen molar-refractivity contribution in [1.82, 2.24) is 5.32 Å². The summed E-state index contributed by atoms with van der Waals surface area (Å²) < 4.78 is 19.9. The molecule has 2 heterocycles. The molecule has 4 rings (SSSR count). The van der Waals surface area contributed by atoms with Gasteiger partial charge < -0.3 is 20.4 Å². The number of nitrogens with one attached hydrogen (secondary N) is 1. The molecule has 158 valence electrons. The van der Waals surface area contributed by atoms with Crippen LogP contribution in [0.2, 0.25) is 5.15 Å². The molecule has 2 N–H and O–H groups in total. The van der Waals surface area contributed by atoms with Crippen LogP contribution >= 0.6 is 11.6 Å². The second-order valence-electron chi connectivity index (χ2n) is 8.31. The predicted octanol–water partition coefficient (Wildman–Crippen LogP) is 3.98. The maximum Gasteiger partial charge on any atom is 0.287 e. The number of hydrogen-bond acceptors (Lipinski definition) is 4. The lowest BCUT2D eigenvalue weighted by atomic mass is 9.85. The maximum atomic E-state index is 13.1. The Morgan fingerprint density at radius 2 is 1.93 bits per heavy atom. The van der Waals surface area contributed by atoms with E-state index in [1.807, 2.05) is 26.8 Å². The molecule has 2 atom stereocenters. The molecule has 1 aliphatic heterocycles. The van der Waals surface area contributed by atoms with Gasteiger partial charge in [-0.25, -0.2) is 4.39 Å². The molecule has 0 fully saturated rings. The van der Waals surface area contributed by atoms with Crippen LogP contribution in [0.1, 0.15) is 36.6 Å². The van der Waals surface area contributed by atoms with Gasteiger partial charge in [0.15, 0.2) is 0 Å². The molecule has 1 aliphatic rings. The number of aryl methyl sites for hydroxylation is 1. The number of benzene rings is 2. The number of aliphatic hydroxyl groups is 1. The number of fused-ring (bicyclic) bond motifs is 2. The van der Waals surface area contributed by atoms with Gasteiger partial charge >= 0.3 is 0 Å². The third kappa shape index (κ3) is 3.71. The molecular formula is C23H24ClFN2O3. The fraction of sp³-hybridized carbons (Fsp3) is 0.348. The number of ether oxygens (including phenoxy) is 1. The van der Waals surface area contributed by atoms with E-state index in [-0.39, 0.29) is 11.0 Å². The van der Waals surface area contributed by atoms with E-state index in [1.165, 1.54) is 12.1 Å². The van der Waals surface area contributed by atoms with E-state index >= 15 is 0 Å². The van der Waals surface area contributed by atoms with Crippen molar-refractivity contribution in [3.05, 3.63) is 75.3 Å². The van der Waals surface area contributed by atoms with Gasteiger partial charge in [0.25, 0.3) is 5.15 Å². The van der Waals surface area contributed by atoms with Gasteiger partial charge in [0.1, 0.15) is 23.3 Å². The molecule has 0 saturated heterocycles. The monoisotopic (exact) mass is 430 g/mol. The number of pyridine rings is 1. The van der Waals surface area contributed by atoms with Crippen molar-refractivity contribution < 1.29 is 19.0 Å². The zero-order chi connectivity index (χ0) is 21.6. The van der Waals surface area contributed by atoms with Crippen molar-refractivity contribution in [2.45, 2.75) is 44.9 Å². The summed E-state index contributed by atoms with van der Waals surface area (Å²) in [6, 6.07) is 11.1. The molecule has 0 unspecified atom stereocenters. The summed E-state index contributed by atoms with van der Waals surface area (Å²) in [5.74, 6) is 0.358. The van der Waals surface area contributed by atoms with Gasteiger partial charge in [0, 0.05) is 17.7 Å². The minimum Gasteiger partial charge on any atom is -0.617 e. The Kier molecular flexibility index (Phi) is 5.34. The molecule has 0 saturated carbocycles. The van der Waals surface area contributed by atoms with E-state index in [4.69, 9.17) is 16.3 Å². The summed E-state index contributed by atoms with van der Waals surface area (Å²) in [5, 5.41) is 27.8. The molecule has 7 heteroatoms. The summed E-state index contributed by atoms with van der Waals surface area (Å²) in [7, 11) is 0. The number of halogens is 2. The van der Waals surface area contributed by atoms with E-state index < -0.39 is 17.7 Å². The van der Waals surface area contributed by atoms with Crippen LogP contribution in [0.5, 0.6) is 5.75 Å². The van der Waals surface area contributed by atoms with E-state index in [0.29, 0.717) is 34.5 Å². The molecule has 30 heavy (non-hydrogen) atoms. The molecule has 2 aromatic carbocycles. The lowest BCUT2D eigenvalue weighted by molar-refractivity contribution is -0.574. The van der Waals surface area contributed by atoms with Gasteiger partial charge in [-0.3, -0.25) is 0 Å². The highest BCUT2D eigenvalue weighted by atomic mass is 35.5. The largest absolute Gasteiger partial charge is 0.617 e. The maximum absolute atomic E-state index is 13.1. The normalized spacial score (nSPS) is 20.1.